The zero-order valence-corrected chi connectivity index (χ0v) is 18.1. The van der Waals surface area contributed by atoms with Gasteiger partial charge in [0, 0.05) is 6.07 Å². The van der Waals surface area contributed by atoms with Gasteiger partial charge in [-0.05, 0) is 24.6 Å². The Morgan fingerprint density at radius 1 is 0.970 bits per heavy atom. The molecule has 5 atom stereocenters. The normalized spacial score (nSPS) is 25.1. The van der Waals surface area contributed by atoms with Gasteiger partial charge in [0.2, 0.25) is 17.5 Å². The molecule has 4 rings (SSSR count). The van der Waals surface area contributed by atoms with E-state index in [-0.39, 0.29) is 28.0 Å². The van der Waals surface area contributed by atoms with Gasteiger partial charge in [0.05, 0.1) is 25.9 Å². The largest absolute Gasteiger partial charge is 0.504 e. The Morgan fingerprint density at radius 3 is 2.30 bits per heavy atom. The van der Waals surface area contributed by atoms with Crippen molar-refractivity contribution in [2.45, 2.75) is 37.6 Å². The minimum atomic E-state index is -1.58. The first-order valence-electron chi connectivity index (χ1n) is 10.1. The zero-order valence-electron chi connectivity index (χ0n) is 18.1. The first-order valence-corrected chi connectivity index (χ1v) is 10.1. The number of phenols is 1. The van der Waals surface area contributed by atoms with Crippen LogP contribution < -0.4 is 19.6 Å². The number of methoxy groups -OCH3 is 2. The maximum atomic E-state index is 13.2. The van der Waals surface area contributed by atoms with Crippen molar-refractivity contribution < 1.29 is 43.8 Å². The third kappa shape index (κ3) is 3.98. The minimum Gasteiger partial charge on any atom is -0.504 e. The van der Waals surface area contributed by atoms with Crippen molar-refractivity contribution in [2.75, 3.05) is 14.2 Å². The maximum absolute atomic E-state index is 13.2. The number of hydrogen-bond donors (Lipinski definition) is 4. The Labute approximate surface area is 188 Å². The second kappa shape index (κ2) is 8.91. The summed E-state index contributed by atoms with van der Waals surface area (Å²) in [6.45, 7) is 1.50. The molecule has 0 radical (unpaired) electrons. The highest BCUT2D eigenvalue weighted by Gasteiger charge is 2.43. The molecular formula is C23H24O10. The molecule has 1 aliphatic heterocycles. The lowest BCUT2D eigenvalue weighted by Crippen LogP contribution is -2.58. The van der Waals surface area contributed by atoms with Crippen molar-refractivity contribution in [3.05, 3.63) is 46.8 Å². The summed E-state index contributed by atoms with van der Waals surface area (Å²) in [5, 5.41) is 40.8. The smallest absolute Gasteiger partial charge is 0.229 e. The van der Waals surface area contributed by atoms with Crippen LogP contribution in [-0.2, 0) is 4.74 Å². The fourth-order valence-corrected chi connectivity index (χ4v) is 3.72. The number of benzene rings is 2. The highest BCUT2D eigenvalue weighted by molar-refractivity contribution is 5.91. The molecule has 0 bridgehead atoms. The number of phenolic OH excluding ortho intramolecular Hbond substituents is 1. The fourth-order valence-electron chi connectivity index (χ4n) is 3.72. The summed E-state index contributed by atoms with van der Waals surface area (Å²) in [5.41, 5.74) is 0.285. The Kier molecular flexibility index (Phi) is 6.17. The molecule has 2 heterocycles. The van der Waals surface area contributed by atoms with Crippen molar-refractivity contribution in [3.63, 3.8) is 0 Å². The Hall–Kier alpha value is -3.31. The van der Waals surface area contributed by atoms with Gasteiger partial charge in [0.25, 0.3) is 0 Å². The maximum Gasteiger partial charge on any atom is 0.229 e. The molecule has 1 aromatic heterocycles. The zero-order chi connectivity index (χ0) is 23.9. The molecule has 0 aliphatic carbocycles. The third-order valence-corrected chi connectivity index (χ3v) is 5.62. The summed E-state index contributed by atoms with van der Waals surface area (Å²) >= 11 is 0. The van der Waals surface area contributed by atoms with Crippen molar-refractivity contribution in [2.24, 2.45) is 0 Å². The summed E-state index contributed by atoms with van der Waals surface area (Å²) in [5.74, 6) is -0.184. The van der Waals surface area contributed by atoms with Gasteiger partial charge < -0.3 is 43.8 Å². The van der Waals surface area contributed by atoms with Gasteiger partial charge in [-0.15, -0.1) is 0 Å². The number of fused-ring (bicyclic) bond motifs is 1. The van der Waals surface area contributed by atoms with E-state index < -0.39 is 41.9 Å². The Bertz CT molecular complexity index is 1200. The predicted molar refractivity (Wildman–Crippen MR) is 116 cm³/mol. The summed E-state index contributed by atoms with van der Waals surface area (Å²) < 4.78 is 27.1. The molecule has 3 aromatic rings. The van der Waals surface area contributed by atoms with Crippen LogP contribution in [0.25, 0.3) is 22.1 Å². The molecule has 2 aromatic carbocycles. The van der Waals surface area contributed by atoms with Crippen molar-refractivity contribution >= 4 is 11.0 Å². The van der Waals surface area contributed by atoms with Crippen molar-refractivity contribution in [1.29, 1.82) is 0 Å². The van der Waals surface area contributed by atoms with E-state index in [1.165, 1.54) is 33.5 Å². The number of rotatable bonds is 5. The summed E-state index contributed by atoms with van der Waals surface area (Å²) in [7, 11) is 2.80. The monoisotopic (exact) mass is 460 g/mol. The molecule has 33 heavy (non-hydrogen) atoms. The van der Waals surface area contributed by atoms with E-state index in [0.717, 1.165) is 0 Å². The third-order valence-electron chi connectivity index (χ3n) is 5.62. The van der Waals surface area contributed by atoms with E-state index in [4.69, 9.17) is 23.4 Å². The number of aliphatic hydroxyl groups is 3. The molecule has 2 unspecified atom stereocenters. The molecule has 0 amide bonds. The van der Waals surface area contributed by atoms with E-state index >= 15 is 0 Å². The Morgan fingerprint density at radius 2 is 1.67 bits per heavy atom. The first-order chi connectivity index (χ1) is 15.8. The van der Waals surface area contributed by atoms with Gasteiger partial charge in [-0.1, -0.05) is 12.1 Å². The number of ether oxygens (including phenoxy) is 4. The summed E-state index contributed by atoms with van der Waals surface area (Å²) in [4.78, 5) is 13.2. The lowest BCUT2D eigenvalue weighted by atomic mass is 10.00. The average Bonchev–Trinajstić information content (AvgIpc) is 2.81. The van der Waals surface area contributed by atoms with E-state index in [0.29, 0.717) is 11.3 Å². The number of aliphatic hydroxyl groups excluding tert-OH is 3. The van der Waals surface area contributed by atoms with Gasteiger partial charge in [-0.25, -0.2) is 0 Å². The topological polar surface area (TPSA) is 148 Å². The quantitative estimate of drug-likeness (QED) is 0.440. The van der Waals surface area contributed by atoms with Crippen LogP contribution in [0, 0.1) is 0 Å². The van der Waals surface area contributed by atoms with Crippen LogP contribution in [0.4, 0.5) is 0 Å². The second-order valence-electron chi connectivity index (χ2n) is 7.64. The van der Waals surface area contributed by atoms with E-state index in [1.807, 2.05) is 0 Å². The van der Waals surface area contributed by atoms with Crippen LogP contribution in [0.2, 0.25) is 0 Å². The molecule has 4 N–H and O–H groups in total. The van der Waals surface area contributed by atoms with E-state index in [1.54, 1.807) is 24.3 Å². The molecule has 176 valence electrons. The van der Waals surface area contributed by atoms with Gasteiger partial charge >= 0.3 is 0 Å². The number of hydrogen-bond acceptors (Lipinski definition) is 10. The summed E-state index contributed by atoms with van der Waals surface area (Å²) in [6, 6.07) is 8.07. The average molecular weight is 460 g/mol. The predicted octanol–water partition coefficient (Wildman–Crippen LogP) is 1.39. The van der Waals surface area contributed by atoms with Crippen molar-refractivity contribution in [3.8, 4) is 34.1 Å². The van der Waals surface area contributed by atoms with E-state index in [2.05, 4.69) is 0 Å². The highest BCUT2D eigenvalue weighted by Crippen LogP contribution is 2.43. The van der Waals surface area contributed by atoms with Crippen LogP contribution in [0.3, 0.4) is 0 Å². The molecule has 1 fully saturated rings. The molecule has 0 spiro atoms. The van der Waals surface area contributed by atoms with Crippen LogP contribution in [0.15, 0.2) is 45.8 Å². The lowest BCUT2D eigenvalue weighted by Gasteiger charge is -2.39. The summed E-state index contributed by atoms with van der Waals surface area (Å²) in [6.07, 6.45) is -5.35. The van der Waals surface area contributed by atoms with Crippen molar-refractivity contribution in [1.82, 2.24) is 0 Å². The van der Waals surface area contributed by atoms with Gasteiger partial charge in [-0.3, -0.25) is 4.79 Å². The van der Waals surface area contributed by atoms with Crippen LogP contribution >= 0.6 is 0 Å². The minimum absolute atomic E-state index is 0.00416. The van der Waals surface area contributed by atoms with Gasteiger partial charge in [-0.2, -0.15) is 0 Å². The molecule has 10 nitrogen and oxygen atoms in total. The molecular weight excluding hydrogens is 436 g/mol. The van der Waals surface area contributed by atoms with Crippen LogP contribution in [0.1, 0.15) is 6.92 Å². The standard InChI is InChI=1S/C23H24O10/c1-10-17(24)20(27)21(28)23(32-10)33-15-8-14-16(19(26)22(15)30-3)18(25)13(9-31-14)11-4-6-12(29-2)7-5-11/h4-10,17,20-21,23-24,26-28H,1-3H3/t10?,17-,20-,21?,23-/m0/s1. The lowest BCUT2D eigenvalue weighted by molar-refractivity contribution is -0.268. The second-order valence-corrected chi connectivity index (χ2v) is 7.64. The molecule has 1 saturated heterocycles. The highest BCUT2D eigenvalue weighted by atomic mass is 16.7. The van der Waals surface area contributed by atoms with Gasteiger partial charge in [0.1, 0.15) is 41.3 Å². The fraction of sp³-hybridized carbons (Fsp3) is 0.348. The van der Waals surface area contributed by atoms with Crippen LogP contribution in [0.5, 0.6) is 23.0 Å². The van der Waals surface area contributed by atoms with Crippen LogP contribution in [-0.4, -0.2) is 65.4 Å². The molecule has 1 aliphatic rings. The van der Waals surface area contributed by atoms with Gasteiger partial charge in [0.15, 0.2) is 11.5 Å². The SMILES string of the molecule is COc1ccc(-c2coc3cc(O[C@@H]4OC(C)[C@H](O)[C@H](O)C4O)c(OC)c(O)c3c2=O)cc1. The Balaban J connectivity index is 1.76. The van der Waals surface area contributed by atoms with E-state index in [9.17, 15) is 25.2 Å². The number of aromatic hydroxyl groups is 1. The molecule has 10 heteroatoms. The molecule has 0 saturated carbocycles. The first kappa shape index (κ1) is 22.9.